The number of halogens is 1. The number of benzene rings is 3. The zero-order chi connectivity index (χ0) is 30.1. The van der Waals surface area contributed by atoms with Crippen LogP contribution in [0.4, 0.5) is 0 Å². The fourth-order valence-corrected chi connectivity index (χ4v) is 6.39. The lowest BCUT2D eigenvalue weighted by Gasteiger charge is -2.26. The normalized spacial score (nSPS) is 15.0. The van der Waals surface area contributed by atoms with Crippen LogP contribution in [0.2, 0.25) is 0 Å². The summed E-state index contributed by atoms with van der Waals surface area (Å²) in [5.74, 6) is 1.09. The van der Waals surface area contributed by atoms with Crippen LogP contribution in [-0.2, 0) is 9.53 Å². The van der Waals surface area contributed by atoms with Crippen molar-refractivity contribution in [3.8, 4) is 11.3 Å². The minimum atomic E-state index is -0.719. The molecule has 0 aliphatic carbocycles. The van der Waals surface area contributed by atoms with E-state index < -0.39 is 12.0 Å². The Hall–Kier alpha value is -4.27. The van der Waals surface area contributed by atoms with Gasteiger partial charge < -0.3 is 9.15 Å². The molecular weight excluding hydrogens is 624 g/mol. The molecule has 0 spiro atoms. The number of furan rings is 1. The van der Waals surface area contributed by atoms with Crippen molar-refractivity contribution in [1.82, 2.24) is 4.57 Å². The van der Waals surface area contributed by atoms with Crippen LogP contribution >= 0.6 is 27.3 Å². The number of thiazole rings is 1. The summed E-state index contributed by atoms with van der Waals surface area (Å²) in [5, 5.41) is 0. The molecule has 0 saturated carbocycles. The van der Waals surface area contributed by atoms with Crippen LogP contribution in [0.3, 0.4) is 0 Å². The number of fused-ring (bicyclic) bond motifs is 1. The maximum absolute atomic E-state index is 14.1. The highest BCUT2D eigenvalue weighted by atomic mass is 79.9. The first-order valence-electron chi connectivity index (χ1n) is 14.1. The Morgan fingerprint density at radius 1 is 1.00 bits per heavy atom. The Kier molecular flexibility index (Phi) is 8.15. The first kappa shape index (κ1) is 28.8. The van der Waals surface area contributed by atoms with Crippen LogP contribution in [0.1, 0.15) is 55.2 Å². The van der Waals surface area contributed by atoms with Gasteiger partial charge in [-0.1, -0.05) is 108 Å². The molecule has 43 heavy (non-hydrogen) atoms. The van der Waals surface area contributed by atoms with Gasteiger partial charge in [-0.05, 0) is 48.2 Å². The summed E-state index contributed by atoms with van der Waals surface area (Å²) >= 11 is 4.73. The van der Waals surface area contributed by atoms with Crippen LogP contribution in [0.5, 0.6) is 0 Å². The van der Waals surface area contributed by atoms with Gasteiger partial charge in [-0.2, -0.15) is 0 Å². The molecule has 3 heterocycles. The van der Waals surface area contributed by atoms with Gasteiger partial charge in [0.25, 0.3) is 5.56 Å². The Balaban J connectivity index is 1.55. The molecule has 0 bridgehead atoms. The molecule has 1 atom stereocenters. The van der Waals surface area contributed by atoms with E-state index in [2.05, 4.69) is 29.8 Å². The zero-order valence-corrected chi connectivity index (χ0v) is 26.3. The SMILES string of the molecule is CCOC(=O)C1=C(c2ccccc2)N=c2s/c(=C\c3ccc(-c4ccc(Br)cc4)o3)c(=O)n2[C@@H]1c1ccc(C(C)C)cc1. The number of hydrogen-bond donors (Lipinski definition) is 0. The number of carbonyl (C=O) groups is 1. The predicted molar refractivity (Wildman–Crippen MR) is 173 cm³/mol. The molecule has 0 radical (unpaired) electrons. The van der Waals surface area contributed by atoms with Crippen molar-refractivity contribution in [1.29, 1.82) is 0 Å². The van der Waals surface area contributed by atoms with Gasteiger partial charge in [0, 0.05) is 21.7 Å². The van der Waals surface area contributed by atoms with E-state index in [1.54, 1.807) is 17.6 Å². The number of ether oxygens (including phenoxy) is 1. The third-order valence-electron chi connectivity index (χ3n) is 7.32. The number of carbonyl (C=O) groups excluding carboxylic acids is 1. The molecule has 0 amide bonds. The van der Waals surface area contributed by atoms with Crippen LogP contribution < -0.4 is 14.9 Å². The van der Waals surface area contributed by atoms with E-state index in [0.717, 1.165) is 21.2 Å². The molecule has 5 aromatic rings. The van der Waals surface area contributed by atoms with E-state index in [1.807, 2.05) is 91.0 Å². The Morgan fingerprint density at radius 2 is 1.72 bits per heavy atom. The molecule has 216 valence electrons. The summed E-state index contributed by atoms with van der Waals surface area (Å²) in [6.45, 7) is 6.24. The van der Waals surface area contributed by atoms with Gasteiger partial charge in [-0.15, -0.1) is 0 Å². The number of hydrogen-bond acceptors (Lipinski definition) is 6. The van der Waals surface area contributed by atoms with Crippen molar-refractivity contribution in [3.05, 3.63) is 143 Å². The van der Waals surface area contributed by atoms with Crippen LogP contribution in [-0.4, -0.2) is 17.1 Å². The lowest BCUT2D eigenvalue weighted by molar-refractivity contribution is -0.138. The maximum atomic E-state index is 14.1. The van der Waals surface area contributed by atoms with Crippen molar-refractivity contribution >= 4 is 45.0 Å². The average molecular weight is 654 g/mol. The molecule has 0 fully saturated rings. The summed E-state index contributed by atoms with van der Waals surface area (Å²) in [7, 11) is 0. The number of rotatable bonds is 7. The quantitative estimate of drug-likeness (QED) is 0.176. The second kappa shape index (κ2) is 12.1. The van der Waals surface area contributed by atoms with E-state index in [0.29, 0.717) is 38.0 Å². The number of esters is 1. The van der Waals surface area contributed by atoms with Gasteiger partial charge >= 0.3 is 5.97 Å². The van der Waals surface area contributed by atoms with E-state index in [9.17, 15) is 9.59 Å². The standard InChI is InChI=1S/C35H29BrN2O4S/c1-4-41-34(40)30-31(24-8-6-5-7-9-24)37-35-38(32(30)25-12-10-22(11-13-25)21(2)3)33(39)29(43-35)20-27-18-19-28(42-27)23-14-16-26(36)17-15-23/h5-21,32H,4H2,1-3H3/b29-20-/t32-/m1/s1. The predicted octanol–water partition coefficient (Wildman–Crippen LogP) is 7.08. The van der Waals surface area contributed by atoms with E-state index in [1.165, 1.54) is 16.9 Å². The summed E-state index contributed by atoms with van der Waals surface area (Å²) in [6.07, 6.45) is 1.74. The highest BCUT2D eigenvalue weighted by Gasteiger charge is 2.35. The van der Waals surface area contributed by atoms with Gasteiger partial charge in [0.2, 0.25) is 0 Å². The smallest absolute Gasteiger partial charge is 0.338 e. The Morgan fingerprint density at radius 3 is 2.40 bits per heavy atom. The largest absolute Gasteiger partial charge is 0.463 e. The summed E-state index contributed by atoms with van der Waals surface area (Å²) in [4.78, 5) is 33.2. The Bertz CT molecular complexity index is 2000. The highest BCUT2D eigenvalue weighted by molar-refractivity contribution is 9.10. The van der Waals surface area contributed by atoms with E-state index >= 15 is 0 Å². The first-order valence-corrected chi connectivity index (χ1v) is 15.7. The lowest BCUT2D eigenvalue weighted by atomic mass is 9.91. The molecule has 1 aliphatic rings. The molecule has 6 nitrogen and oxygen atoms in total. The zero-order valence-electron chi connectivity index (χ0n) is 23.9. The topological polar surface area (TPSA) is 73.8 Å². The van der Waals surface area contributed by atoms with Gasteiger partial charge in [0.1, 0.15) is 11.5 Å². The van der Waals surface area contributed by atoms with Crippen molar-refractivity contribution in [3.63, 3.8) is 0 Å². The Labute approximate surface area is 261 Å². The van der Waals surface area contributed by atoms with Crippen molar-refractivity contribution in [2.24, 2.45) is 4.99 Å². The van der Waals surface area contributed by atoms with Crippen LogP contribution in [0.15, 0.2) is 115 Å². The molecule has 8 heteroatoms. The molecule has 2 aromatic heterocycles. The number of aromatic nitrogens is 1. The van der Waals surface area contributed by atoms with Gasteiger partial charge in [-0.3, -0.25) is 9.36 Å². The maximum Gasteiger partial charge on any atom is 0.338 e. The molecular formula is C35H29BrN2O4S. The van der Waals surface area contributed by atoms with E-state index in [4.69, 9.17) is 14.1 Å². The van der Waals surface area contributed by atoms with Crippen LogP contribution in [0, 0.1) is 0 Å². The third-order valence-corrected chi connectivity index (χ3v) is 8.83. The highest BCUT2D eigenvalue weighted by Crippen LogP contribution is 2.35. The molecule has 3 aromatic carbocycles. The average Bonchev–Trinajstić information content (AvgIpc) is 3.61. The van der Waals surface area contributed by atoms with E-state index in [-0.39, 0.29) is 12.2 Å². The van der Waals surface area contributed by atoms with Gasteiger partial charge in [0.15, 0.2) is 4.80 Å². The van der Waals surface area contributed by atoms with Crippen molar-refractivity contribution in [2.75, 3.05) is 6.61 Å². The summed E-state index contributed by atoms with van der Waals surface area (Å²) < 4.78 is 14.7. The number of nitrogens with zero attached hydrogens (tertiary/aromatic N) is 2. The molecule has 0 N–H and O–H groups in total. The monoisotopic (exact) mass is 652 g/mol. The van der Waals surface area contributed by atoms with Gasteiger partial charge in [0.05, 0.1) is 28.5 Å². The summed E-state index contributed by atoms with van der Waals surface area (Å²) in [6, 6.07) is 28.5. The fraction of sp³-hybridized carbons (Fsp3) is 0.171. The van der Waals surface area contributed by atoms with Gasteiger partial charge in [-0.25, -0.2) is 9.79 Å². The fourth-order valence-electron chi connectivity index (χ4n) is 5.15. The minimum Gasteiger partial charge on any atom is -0.463 e. The molecule has 6 rings (SSSR count). The molecule has 0 saturated heterocycles. The molecule has 0 unspecified atom stereocenters. The molecule has 1 aliphatic heterocycles. The first-order chi connectivity index (χ1) is 20.8. The summed E-state index contributed by atoms with van der Waals surface area (Å²) in [5.41, 5.74) is 4.26. The van der Waals surface area contributed by atoms with Crippen molar-refractivity contribution in [2.45, 2.75) is 32.7 Å². The lowest BCUT2D eigenvalue weighted by Crippen LogP contribution is -2.40. The minimum absolute atomic E-state index is 0.201. The second-order valence-corrected chi connectivity index (χ2v) is 12.4. The third kappa shape index (κ3) is 5.72. The van der Waals surface area contributed by atoms with Crippen molar-refractivity contribution < 1.29 is 13.9 Å². The van der Waals surface area contributed by atoms with Crippen LogP contribution in [0.25, 0.3) is 23.1 Å². The second-order valence-electron chi connectivity index (χ2n) is 10.5.